The Balaban J connectivity index is 1.75. The third kappa shape index (κ3) is 3.91. The summed E-state index contributed by atoms with van der Waals surface area (Å²) in [7, 11) is 1.62. The molecule has 4 aromatic rings. The van der Waals surface area contributed by atoms with Gasteiger partial charge in [-0.1, -0.05) is 24.3 Å². The van der Waals surface area contributed by atoms with Crippen molar-refractivity contribution in [2.24, 2.45) is 0 Å². The maximum Gasteiger partial charge on any atom is 0.263 e. The summed E-state index contributed by atoms with van der Waals surface area (Å²) in [4.78, 5) is 31.9. The summed E-state index contributed by atoms with van der Waals surface area (Å²) in [6, 6.07) is 12.7. The van der Waals surface area contributed by atoms with Crippen LogP contribution in [0.3, 0.4) is 0 Å². The number of methoxy groups -OCH3 is 1. The molecular formula is C25H25N3O3S. The average Bonchev–Trinajstić information content (AvgIpc) is 3.20. The number of nitrogens with one attached hydrogen (secondary N) is 1. The smallest absolute Gasteiger partial charge is 0.263 e. The molecule has 164 valence electrons. The van der Waals surface area contributed by atoms with Gasteiger partial charge in [0, 0.05) is 16.6 Å². The highest BCUT2D eigenvalue weighted by Gasteiger charge is 2.23. The van der Waals surface area contributed by atoms with Gasteiger partial charge in [-0.2, -0.15) is 0 Å². The second-order valence-electron chi connectivity index (χ2n) is 7.88. The predicted molar refractivity (Wildman–Crippen MR) is 130 cm³/mol. The molecule has 0 bridgehead atoms. The molecule has 0 radical (unpaired) electrons. The van der Waals surface area contributed by atoms with Gasteiger partial charge in [-0.25, -0.2) is 4.98 Å². The maximum absolute atomic E-state index is 13.6. The topological polar surface area (TPSA) is 73.2 Å². The maximum atomic E-state index is 13.6. The molecule has 2 aromatic carbocycles. The van der Waals surface area contributed by atoms with E-state index in [2.05, 4.69) is 10.3 Å². The number of aromatic nitrogens is 2. The summed E-state index contributed by atoms with van der Waals surface area (Å²) in [6.45, 7) is 7.40. The van der Waals surface area contributed by atoms with E-state index in [-0.39, 0.29) is 11.5 Å². The van der Waals surface area contributed by atoms with Crippen LogP contribution in [0.2, 0.25) is 0 Å². The van der Waals surface area contributed by atoms with Crippen molar-refractivity contribution < 1.29 is 9.53 Å². The van der Waals surface area contributed by atoms with Gasteiger partial charge in [0.2, 0.25) is 5.91 Å². The van der Waals surface area contributed by atoms with Crippen LogP contribution in [0.15, 0.2) is 52.6 Å². The standard InChI is InChI=1S/C25H25N3O3S/c1-14-6-7-15(2)21(12-14)27-23(29)16(3)28-17(4)26-24-22(25(28)30)20(13-32-24)18-8-10-19(31-5)11-9-18/h6-13,16H,1-5H3,(H,27,29). The molecule has 1 amide bonds. The number of anilines is 1. The van der Waals surface area contributed by atoms with Crippen molar-refractivity contribution in [1.29, 1.82) is 0 Å². The van der Waals surface area contributed by atoms with Crippen LogP contribution < -0.4 is 15.6 Å². The summed E-state index contributed by atoms with van der Waals surface area (Å²) < 4.78 is 6.71. The molecule has 2 aromatic heterocycles. The zero-order chi connectivity index (χ0) is 23.0. The van der Waals surface area contributed by atoms with Gasteiger partial charge in [0.25, 0.3) is 5.56 Å². The summed E-state index contributed by atoms with van der Waals surface area (Å²) in [6.07, 6.45) is 0. The van der Waals surface area contributed by atoms with Crippen LogP contribution in [-0.4, -0.2) is 22.6 Å². The van der Waals surface area contributed by atoms with E-state index in [1.54, 1.807) is 21.0 Å². The Bertz CT molecular complexity index is 1370. The Morgan fingerprint density at radius 1 is 1.12 bits per heavy atom. The van der Waals surface area contributed by atoms with Crippen molar-refractivity contribution in [2.75, 3.05) is 12.4 Å². The zero-order valence-electron chi connectivity index (χ0n) is 18.7. The number of amides is 1. The van der Waals surface area contributed by atoms with Crippen LogP contribution in [-0.2, 0) is 4.79 Å². The predicted octanol–water partition coefficient (Wildman–Crippen LogP) is 5.26. The largest absolute Gasteiger partial charge is 0.497 e. The van der Waals surface area contributed by atoms with E-state index in [9.17, 15) is 9.59 Å². The van der Waals surface area contributed by atoms with E-state index < -0.39 is 6.04 Å². The molecule has 0 fully saturated rings. The van der Waals surface area contributed by atoms with E-state index in [4.69, 9.17) is 4.74 Å². The first-order valence-electron chi connectivity index (χ1n) is 10.3. The number of carbonyl (C=O) groups excluding carboxylic acids is 1. The molecule has 32 heavy (non-hydrogen) atoms. The lowest BCUT2D eigenvalue weighted by Gasteiger charge is -2.18. The molecule has 0 saturated carbocycles. The number of hydrogen-bond acceptors (Lipinski definition) is 5. The van der Waals surface area contributed by atoms with Crippen molar-refractivity contribution in [3.63, 3.8) is 0 Å². The molecule has 1 unspecified atom stereocenters. The minimum absolute atomic E-state index is 0.219. The van der Waals surface area contributed by atoms with Crippen LogP contribution in [0.1, 0.15) is 29.9 Å². The quantitative estimate of drug-likeness (QED) is 0.453. The summed E-state index contributed by atoms with van der Waals surface area (Å²) >= 11 is 1.43. The molecule has 4 rings (SSSR count). The Labute approximate surface area is 190 Å². The number of carbonyl (C=O) groups is 1. The van der Waals surface area contributed by atoms with Gasteiger partial charge in [-0.3, -0.25) is 14.2 Å². The molecular weight excluding hydrogens is 422 g/mol. The second-order valence-corrected chi connectivity index (χ2v) is 8.73. The molecule has 1 atom stereocenters. The lowest BCUT2D eigenvalue weighted by atomic mass is 10.1. The molecule has 0 saturated heterocycles. The fraction of sp³-hybridized carbons (Fsp3) is 0.240. The minimum Gasteiger partial charge on any atom is -0.497 e. The number of aryl methyl sites for hydroxylation is 3. The highest BCUT2D eigenvalue weighted by atomic mass is 32.1. The first kappa shape index (κ1) is 21.8. The van der Waals surface area contributed by atoms with Gasteiger partial charge < -0.3 is 10.1 Å². The minimum atomic E-state index is -0.720. The van der Waals surface area contributed by atoms with Crippen molar-refractivity contribution in [1.82, 2.24) is 9.55 Å². The number of rotatable bonds is 5. The number of hydrogen-bond donors (Lipinski definition) is 1. The van der Waals surface area contributed by atoms with Crippen molar-refractivity contribution in [2.45, 2.75) is 33.7 Å². The lowest BCUT2D eigenvalue weighted by molar-refractivity contribution is -0.118. The molecule has 2 heterocycles. The SMILES string of the molecule is COc1ccc(-c2csc3nc(C)n(C(C)C(=O)Nc4cc(C)ccc4C)c(=O)c23)cc1. The monoisotopic (exact) mass is 447 g/mol. The van der Waals surface area contributed by atoms with Crippen molar-refractivity contribution >= 4 is 33.1 Å². The molecule has 0 spiro atoms. The summed E-state index contributed by atoms with van der Waals surface area (Å²) in [5.74, 6) is 0.997. The van der Waals surface area contributed by atoms with E-state index >= 15 is 0 Å². The van der Waals surface area contributed by atoms with Gasteiger partial charge in [-0.15, -0.1) is 11.3 Å². The van der Waals surface area contributed by atoms with Crippen LogP contribution in [0, 0.1) is 20.8 Å². The highest BCUT2D eigenvalue weighted by Crippen LogP contribution is 2.32. The lowest BCUT2D eigenvalue weighted by Crippen LogP contribution is -2.33. The Kier molecular flexibility index (Phi) is 5.84. The van der Waals surface area contributed by atoms with Gasteiger partial charge >= 0.3 is 0 Å². The molecule has 6 nitrogen and oxygen atoms in total. The summed E-state index contributed by atoms with van der Waals surface area (Å²) in [5, 5.41) is 5.43. The third-order valence-corrected chi connectivity index (χ3v) is 6.51. The van der Waals surface area contributed by atoms with Gasteiger partial charge in [0.05, 0.1) is 12.5 Å². The van der Waals surface area contributed by atoms with Crippen molar-refractivity contribution in [3.05, 3.63) is 75.1 Å². The Hall–Kier alpha value is -3.45. The molecule has 0 aliphatic rings. The highest BCUT2D eigenvalue weighted by molar-refractivity contribution is 7.17. The number of thiophene rings is 1. The molecule has 1 N–H and O–H groups in total. The van der Waals surface area contributed by atoms with Crippen molar-refractivity contribution in [3.8, 4) is 16.9 Å². The third-order valence-electron chi connectivity index (χ3n) is 5.63. The fourth-order valence-electron chi connectivity index (χ4n) is 3.77. The molecule has 7 heteroatoms. The second kappa shape index (κ2) is 8.59. The number of nitrogens with zero attached hydrogens (tertiary/aromatic N) is 2. The van der Waals surface area contributed by atoms with E-state index in [0.717, 1.165) is 33.7 Å². The Morgan fingerprint density at radius 3 is 2.53 bits per heavy atom. The normalized spacial score (nSPS) is 12.0. The number of fused-ring (bicyclic) bond motifs is 1. The van der Waals surface area contributed by atoms with Crippen LogP contribution >= 0.6 is 11.3 Å². The zero-order valence-corrected chi connectivity index (χ0v) is 19.5. The average molecular weight is 448 g/mol. The summed E-state index contributed by atoms with van der Waals surface area (Å²) in [5.41, 5.74) is 4.25. The van der Waals surface area contributed by atoms with Crippen LogP contribution in [0.5, 0.6) is 5.75 Å². The number of benzene rings is 2. The van der Waals surface area contributed by atoms with E-state index in [1.165, 1.54) is 15.9 Å². The van der Waals surface area contributed by atoms with E-state index in [0.29, 0.717) is 16.0 Å². The fourth-order valence-corrected chi connectivity index (χ4v) is 4.75. The van der Waals surface area contributed by atoms with Gasteiger partial charge in [0.1, 0.15) is 22.4 Å². The first-order chi connectivity index (χ1) is 15.3. The number of ether oxygens (including phenoxy) is 1. The Morgan fingerprint density at radius 2 is 1.84 bits per heavy atom. The van der Waals surface area contributed by atoms with Crippen LogP contribution in [0.25, 0.3) is 21.3 Å². The van der Waals surface area contributed by atoms with Gasteiger partial charge in [0.15, 0.2) is 0 Å². The van der Waals surface area contributed by atoms with Crippen LogP contribution in [0.4, 0.5) is 5.69 Å². The van der Waals surface area contributed by atoms with Gasteiger partial charge in [-0.05, 0) is 62.6 Å². The molecule has 0 aliphatic carbocycles. The molecule has 0 aliphatic heterocycles. The van der Waals surface area contributed by atoms with E-state index in [1.807, 2.05) is 61.7 Å². The first-order valence-corrected chi connectivity index (χ1v) is 11.2.